The van der Waals surface area contributed by atoms with E-state index in [-0.39, 0.29) is 22.9 Å². The molecule has 3 aromatic rings. The Morgan fingerprint density at radius 1 is 1.16 bits per heavy atom. The van der Waals surface area contributed by atoms with Gasteiger partial charge in [0.15, 0.2) is 0 Å². The van der Waals surface area contributed by atoms with Crippen LogP contribution in [0.1, 0.15) is 18.1 Å². The summed E-state index contributed by atoms with van der Waals surface area (Å²) in [5, 5.41) is 4.08. The molecule has 0 bridgehead atoms. The highest BCUT2D eigenvalue weighted by Crippen LogP contribution is 2.26. The lowest BCUT2D eigenvalue weighted by Crippen LogP contribution is -2.46. The second kappa shape index (κ2) is 9.20. The number of nitrogens with zero attached hydrogens (tertiary/aromatic N) is 3. The molecule has 1 N–H and O–H groups in total. The number of halogens is 2. The molecule has 7 heteroatoms. The number of hydrogen-bond donors (Lipinski definition) is 1. The van der Waals surface area contributed by atoms with Crippen LogP contribution in [0, 0.1) is 12.7 Å². The van der Waals surface area contributed by atoms with Crippen molar-refractivity contribution in [3.8, 4) is 0 Å². The normalized spacial score (nSPS) is 14.8. The number of aryl methyl sites for hydroxylation is 1. The topological polar surface area (TPSA) is 48.5 Å². The molecule has 0 unspecified atom stereocenters. The van der Waals surface area contributed by atoms with E-state index in [0.717, 1.165) is 55.0 Å². The van der Waals surface area contributed by atoms with E-state index in [1.54, 1.807) is 6.07 Å². The molecule has 1 aliphatic heterocycles. The third-order valence-electron chi connectivity index (χ3n) is 5.83. The van der Waals surface area contributed by atoms with Gasteiger partial charge in [-0.2, -0.15) is 0 Å². The van der Waals surface area contributed by atoms with Crippen LogP contribution in [0.4, 0.5) is 15.9 Å². The van der Waals surface area contributed by atoms with Gasteiger partial charge in [0.1, 0.15) is 11.6 Å². The van der Waals surface area contributed by atoms with Crippen molar-refractivity contribution in [3.63, 3.8) is 0 Å². The monoisotopic (exact) mass is 440 g/mol. The molecule has 0 atom stereocenters. The highest BCUT2D eigenvalue weighted by atomic mass is 35.5. The number of amides is 1. The van der Waals surface area contributed by atoms with Crippen molar-refractivity contribution in [2.45, 2.75) is 20.3 Å². The van der Waals surface area contributed by atoms with Crippen molar-refractivity contribution in [1.29, 1.82) is 0 Å². The van der Waals surface area contributed by atoms with Crippen LogP contribution in [-0.2, 0) is 11.2 Å². The SMILES string of the molecule is CCN1CCN(c2cc(C)c3cc(NC(=O)Cc4c(F)cccc4Cl)ccc3n2)CC1. The highest BCUT2D eigenvalue weighted by molar-refractivity contribution is 6.31. The standard InChI is InChI=1S/C24H26ClFN4O/c1-3-29-9-11-30(12-10-29)23-13-16(2)18-14-17(7-8-22(18)28-23)27-24(31)15-19-20(25)5-4-6-21(19)26/h4-8,13-14H,3,9-12,15H2,1-2H3,(H,27,31). The molecular weight excluding hydrogens is 415 g/mol. The molecule has 5 nitrogen and oxygen atoms in total. The molecule has 0 aliphatic carbocycles. The number of likely N-dealkylation sites (N-methyl/N-ethyl adjacent to an activating group) is 1. The molecular formula is C24H26ClFN4O. The van der Waals surface area contributed by atoms with Crippen LogP contribution in [0.25, 0.3) is 10.9 Å². The van der Waals surface area contributed by atoms with E-state index >= 15 is 0 Å². The van der Waals surface area contributed by atoms with Crippen LogP contribution in [0.3, 0.4) is 0 Å². The summed E-state index contributed by atoms with van der Waals surface area (Å²) in [6.07, 6.45) is -0.122. The average Bonchev–Trinajstić information content (AvgIpc) is 2.77. The minimum Gasteiger partial charge on any atom is -0.354 e. The fourth-order valence-electron chi connectivity index (χ4n) is 3.98. The maximum absolute atomic E-state index is 14.0. The number of pyridine rings is 1. The summed E-state index contributed by atoms with van der Waals surface area (Å²) in [6, 6.07) is 12.2. The van der Waals surface area contributed by atoms with Gasteiger partial charge in [-0.3, -0.25) is 4.79 Å². The maximum Gasteiger partial charge on any atom is 0.228 e. The predicted octanol–water partition coefficient (Wildman–Crippen LogP) is 4.66. The summed E-state index contributed by atoms with van der Waals surface area (Å²) >= 11 is 6.04. The lowest BCUT2D eigenvalue weighted by Gasteiger charge is -2.35. The van der Waals surface area contributed by atoms with E-state index in [1.807, 2.05) is 18.2 Å². The van der Waals surface area contributed by atoms with Gasteiger partial charge in [-0.1, -0.05) is 24.6 Å². The Morgan fingerprint density at radius 3 is 2.65 bits per heavy atom. The zero-order chi connectivity index (χ0) is 22.0. The van der Waals surface area contributed by atoms with Crippen LogP contribution in [0.15, 0.2) is 42.5 Å². The lowest BCUT2D eigenvalue weighted by molar-refractivity contribution is -0.115. The van der Waals surface area contributed by atoms with E-state index in [2.05, 4.69) is 35.0 Å². The first-order valence-electron chi connectivity index (χ1n) is 10.6. The quantitative estimate of drug-likeness (QED) is 0.627. The number of carbonyl (C=O) groups excluding carboxylic acids is 1. The zero-order valence-electron chi connectivity index (χ0n) is 17.8. The number of hydrogen-bond acceptors (Lipinski definition) is 4. The Bertz CT molecular complexity index is 1090. The van der Waals surface area contributed by atoms with Gasteiger partial charge in [-0.25, -0.2) is 9.37 Å². The summed E-state index contributed by atoms with van der Waals surface area (Å²) < 4.78 is 14.0. The molecule has 1 amide bonds. The smallest absolute Gasteiger partial charge is 0.228 e. The third-order valence-corrected chi connectivity index (χ3v) is 6.18. The van der Waals surface area contributed by atoms with Gasteiger partial charge in [-0.15, -0.1) is 0 Å². The summed E-state index contributed by atoms with van der Waals surface area (Å²) in [5.74, 6) is 0.197. The predicted molar refractivity (Wildman–Crippen MR) is 125 cm³/mol. The Labute approximate surface area is 186 Å². The number of carbonyl (C=O) groups is 1. The number of anilines is 2. The summed E-state index contributed by atoms with van der Waals surface area (Å²) in [6.45, 7) is 9.36. The minimum atomic E-state index is -0.478. The minimum absolute atomic E-state index is 0.122. The molecule has 1 fully saturated rings. The maximum atomic E-state index is 14.0. The second-order valence-electron chi connectivity index (χ2n) is 7.88. The molecule has 0 spiro atoms. The first kappa shape index (κ1) is 21.5. The Balaban J connectivity index is 1.50. The first-order chi connectivity index (χ1) is 14.9. The van der Waals surface area contributed by atoms with Crippen LogP contribution < -0.4 is 10.2 Å². The van der Waals surface area contributed by atoms with Crippen LogP contribution in [-0.4, -0.2) is 48.5 Å². The number of fused-ring (bicyclic) bond motifs is 1. The number of nitrogens with one attached hydrogen (secondary N) is 1. The van der Waals surface area contributed by atoms with Gasteiger partial charge >= 0.3 is 0 Å². The Hall–Kier alpha value is -2.70. The molecule has 1 saturated heterocycles. The number of benzene rings is 2. The van der Waals surface area contributed by atoms with Gasteiger partial charge in [-0.05, 0) is 55.4 Å². The molecule has 4 rings (SSSR count). The molecule has 2 heterocycles. The molecule has 0 saturated carbocycles. The molecule has 1 aromatic heterocycles. The van der Waals surface area contributed by atoms with Crippen LogP contribution in [0.2, 0.25) is 5.02 Å². The second-order valence-corrected chi connectivity index (χ2v) is 8.28. The number of piperazine rings is 1. The van der Waals surface area contributed by atoms with E-state index in [1.165, 1.54) is 12.1 Å². The van der Waals surface area contributed by atoms with Gasteiger partial charge < -0.3 is 15.1 Å². The van der Waals surface area contributed by atoms with Gasteiger partial charge in [0.05, 0.1) is 11.9 Å². The zero-order valence-corrected chi connectivity index (χ0v) is 18.5. The van der Waals surface area contributed by atoms with Crippen molar-refractivity contribution in [2.75, 3.05) is 42.9 Å². The van der Waals surface area contributed by atoms with Gasteiger partial charge in [0.2, 0.25) is 5.91 Å². The molecule has 1 aliphatic rings. The van der Waals surface area contributed by atoms with Crippen LogP contribution >= 0.6 is 11.6 Å². The molecule has 2 aromatic carbocycles. The number of aromatic nitrogens is 1. The van der Waals surface area contributed by atoms with Crippen molar-refractivity contribution in [2.24, 2.45) is 0 Å². The molecule has 31 heavy (non-hydrogen) atoms. The summed E-state index contributed by atoms with van der Waals surface area (Å²) in [7, 11) is 0. The Morgan fingerprint density at radius 2 is 1.94 bits per heavy atom. The fraction of sp³-hybridized carbons (Fsp3) is 0.333. The molecule has 162 valence electrons. The highest BCUT2D eigenvalue weighted by Gasteiger charge is 2.18. The van der Waals surface area contributed by atoms with Crippen molar-refractivity contribution >= 4 is 39.9 Å². The molecule has 0 radical (unpaired) electrons. The average molecular weight is 441 g/mol. The van der Waals surface area contributed by atoms with E-state index in [0.29, 0.717) is 5.69 Å². The third kappa shape index (κ3) is 4.81. The van der Waals surface area contributed by atoms with Crippen molar-refractivity contribution < 1.29 is 9.18 Å². The van der Waals surface area contributed by atoms with Crippen molar-refractivity contribution in [3.05, 3.63) is 64.4 Å². The number of rotatable bonds is 5. The fourth-order valence-corrected chi connectivity index (χ4v) is 4.21. The van der Waals surface area contributed by atoms with Gasteiger partial charge in [0, 0.05) is 47.8 Å². The van der Waals surface area contributed by atoms with E-state index in [4.69, 9.17) is 16.6 Å². The first-order valence-corrected chi connectivity index (χ1v) is 10.9. The van der Waals surface area contributed by atoms with E-state index in [9.17, 15) is 9.18 Å². The summed E-state index contributed by atoms with van der Waals surface area (Å²) in [5.41, 5.74) is 2.85. The Kier molecular flexibility index (Phi) is 6.39. The van der Waals surface area contributed by atoms with Gasteiger partial charge in [0.25, 0.3) is 0 Å². The lowest BCUT2D eigenvalue weighted by atomic mass is 10.1. The largest absolute Gasteiger partial charge is 0.354 e. The summed E-state index contributed by atoms with van der Waals surface area (Å²) in [4.78, 5) is 22.1. The van der Waals surface area contributed by atoms with Crippen LogP contribution in [0.5, 0.6) is 0 Å². The van der Waals surface area contributed by atoms with E-state index < -0.39 is 5.82 Å². The van der Waals surface area contributed by atoms with Crippen molar-refractivity contribution in [1.82, 2.24) is 9.88 Å².